The summed E-state index contributed by atoms with van der Waals surface area (Å²) in [6, 6.07) is 6.11. The minimum Gasteiger partial charge on any atom is -0.388 e. The molecule has 7 nitrogen and oxygen atoms in total. The van der Waals surface area contributed by atoms with Gasteiger partial charge in [-0.1, -0.05) is 0 Å². The van der Waals surface area contributed by atoms with E-state index in [1.165, 1.54) is 26.0 Å². The molecule has 1 aliphatic heterocycles. The number of anilines is 1. The van der Waals surface area contributed by atoms with Crippen molar-refractivity contribution < 1.29 is 18.0 Å². The number of amides is 2. The van der Waals surface area contributed by atoms with Crippen LogP contribution in [-0.2, 0) is 19.6 Å². The van der Waals surface area contributed by atoms with Crippen molar-refractivity contribution in [2.45, 2.75) is 24.3 Å². The summed E-state index contributed by atoms with van der Waals surface area (Å²) < 4.78 is 26.3. The van der Waals surface area contributed by atoms with Gasteiger partial charge in [0.1, 0.15) is 5.54 Å². The van der Waals surface area contributed by atoms with Crippen molar-refractivity contribution in [1.29, 1.82) is 0 Å². The van der Waals surface area contributed by atoms with Crippen LogP contribution in [0.4, 0.5) is 5.69 Å². The minimum atomic E-state index is -3.94. The van der Waals surface area contributed by atoms with E-state index in [-0.39, 0.29) is 11.4 Å². The molecule has 1 saturated heterocycles. The first-order chi connectivity index (χ1) is 9.69. The molecule has 1 aromatic carbocycles. The normalized spacial score (nSPS) is 19.2. The van der Waals surface area contributed by atoms with Gasteiger partial charge in [0.25, 0.3) is 0 Å². The van der Waals surface area contributed by atoms with E-state index in [1.54, 1.807) is 19.2 Å². The smallest absolute Gasteiger partial charge is 0.247 e. The van der Waals surface area contributed by atoms with E-state index in [9.17, 15) is 18.0 Å². The van der Waals surface area contributed by atoms with Crippen molar-refractivity contribution in [3.63, 3.8) is 0 Å². The predicted molar refractivity (Wildman–Crippen MR) is 77.1 cm³/mol. The molecule has 0 saturated carbocycles. The highest BCUT2D eigenvalue weighted by Gasteiger charge is 2.47. The second-order valence-electron chi connectivity index (χ2n) is 5.22. The highest BCUT2D eigenvalue weighted by Crippen LogP contribution is 2.27. The highest BCUT2D eigenvalue weighted by atomic mass is 32.2. The lowest BCUT2D eigenvalue weighted by Crippen LogP contribution is -2.65. The summed E-state index contributed by atoms with van der Waals surface area (Å²) in [6.45, 7) is 2.55. The third kappa shape index (κ3) is 2.64. The van der Waals surface area contributed by atoms with Crippen molar-refractivity contribution in [2.24, 2.45) is 0 Å². The van der Waals surface area contributed by atoms with Crippen LogP contribution >= 0.6 is 0 Å². The number of nitrogens with one attached hydrogen (secondary N) is 2. The molecule has 0 bridgehead atoms. The number of hydrogen-bond acceptors (Lipinski definition) is 5. The number of sulfonamides is 1. The third-order valence-electron chi connectivity index (χ3n) is 3.45. The van der Waals surface area contributed by atoms with Crippen molar-refractivity contribution in [3.8, 4) is 0 Å². The quantitative estimate of drug-likeness (QED) is 0.775. The third-order valence-corrected chi connectivity index (χ3v) is 5.48. The molecule has 0 atom stereocenters. The Hall–Kier alpha value is -1.93. The van der Waals surface area contributed by atoms with Gasteiger partial charge in [0, 0.05) is 12.7 Å². The predicted octanol–water partition coefficient (Wildman–Crippen LogP) is 0.154. The van der Waals surface area contributed by atoms with Crippen LogP contribution in [0.2, 0.25) is 0 Å². The maximum atomic E-state index is 12.7. The van der Waals surface area contributed by atoms with Crippen molar-refractivity contribution in [1.82, 2.24) is 9.62 Å². The minimum absolute atomic E-state index is 0.0390. The average molecular weight is 311 g/mol. The van der Waals surface area contributed by atoms with Crippen molar-refractivity contribution in [2.75, 3.05) is 18.9 Å². The van der Waals surface area contributed by atoms with Gasteiger partial charge < -0.3 is 5.32 Å². The summed E-state index contributed by atoms with van der Waals surface area (Å²) in [6.07, 6.45) is 0. The van der Waals surface area contributed by atoms with E-state index in [2.05, 4.69) is 10.6 Å². The van der Waals surface area contributed by atoms with Gasteiger partial charge in [-0.05, 0) is 38.1 Å². The summed E-state index contributed by atoms with van der Waals surface area (Å²) in [7, 11) is -2.21. The zero-order valence-corrected chi connectivity index (χ0v) is 12.8. The Morgan fingerprint density at radius 1 is 1.19 bits per heavy atom. The Morgan fingerprint density at radius 2 is 1.76 bits per heavy atom. The van der Waals surface area contributed by atoms with Crippen molar-refractivity contribution >= 4 is 27.5 Å². The van der Waals surface area contributed by atoms with E-state index < -0.39 is 27.4 Å². The molecule has 0 aromatic heterocycles. The Morgan fingerprint density at radius 3 is 2.29 bits per heavy atom. The first-order valence-corrected chi connectivity index (χ1v) is 7.78. The van der Waals surface area contributed by atoms with Crippen LogP contribution in [0.1, 0.15) is 13.8 Å². The monoisotopic (exact) mass is 311 g/mol. The van der Waals surface area contributed by atoms with Gasteiger partial charge in [0.15, 0.2) is 0 Å². The Kier molecular flexibility index (Phi) is 3.77. The van der Waals surface area contributed by atoms with Gasteiger partial charge in [-0.2, -0.15) is 4.31 Å². The largest absolute Gasteiger partial charge is 0.388 e. The number of imide groups is 1. The first kappa shape index (κ1) is 15.5. The fourth-order valence-corrected chi connectivity index (χ4v) is 3.77. The lowest BCUT2D eigenvalue weighted by Gasteiger charge is -2.38. The van der Waals surface area contributed by atoms with Gasteiger partial charge in [0.2, 0.25) is 21.8 Å². The van der Waals surface area contributed by atoms with Crippen LogP contribution in [0.15, 0.2) is 29.2 Å². The number of carbonyl (C=O) groups is 2. The molecule has 8 heteroatoms. The molecule has 0 radical (unpaired) electrons. The fourth-order valence-electron chi connectivity index (χ4n) is 2.07. The van der Waals surface area contributed by atoms with Gasteiger partial charge in [-0.25, -0.2) is 8.42 Å². The van der Waals surface area contributed by atoms with Gasteiger partial charge in [-0.15, -0.1) is 0 Å². The molecule has 2 N–H and O–H groups in total. The average Bonchev–Trinajstić information content (AvgIpc) is 2.43. The Balaban J connectivity index is 2.45. The molecule has 1 heterocycles. The number of nitrogens with zero attached hydrogens (tertiary/aromatic N) is 1. The maximum Gasteiger partial charge on any atom is 0.247 e. The molecule has 1 aromatic rings. The molecular weight excluding hydrogens is 294 g/mol. The van der Waals surface area contributed by atoms with Crippen molar-refractivity contribution in [3.05, 3.63) is 24.3 Å². The first-order valence-electron chi connectivity index (χ1n) is 6.34. The van der Waals surface area contributed by atoms with E-state index in [4.69, 9.17) is 0 Å². The van der Waals surface area contributed by atoms with Crippen LogP contribution < -0.4 is 10.6 Å². The second-order valence-corrected chi connectivity index (χ2v) is 7.08. The SMILES string of the molecule is CNc1ccc(S(=O)(=O)N2CC(=O)NC(=O)C2(C)C)cc1. The summed E-state index contributed by atoms with van der Waals surface area (Å²) in [5.41, 5.74) is -0.560. The van der Waals surface area contributed by atoms with Crippen LogP contribution in [0.5, 0.6) is 0 Å². The zero-order valence-electron chi connectivity index (χ0n) is 12.0. The molecule has 114 valence electrons. The number of piperazine rings is 1. The molecule has 2 rings (SSSR count). The molecule has 0 unspecified atom stereocenters. The molecular formula is C13H17N3O4S. The number of benzene rings is 1. The summed E-state index contributed by atoms with van der Waals surface area (Å²) in [5.74, 6) is -1.26. The lowest BCUT2D eigenvalue weighted by atomic mass is 10.0. The Labute approximate surface area is 123 Å². The summed E-state index contributed by atoms with van der Waals surface area (Å²) in [5, 5.41) is 5.04. The maximum absolute atomic E-state index is 12.7. The van der Waals surface area contributed by atoms with Gasteiger partial charge in [-0.3, -0.25) is 14.9 Å². The van der Waals surface area contributed by atoms with Crippen LogP contribution in [0, 0.1) is 0 Å². The molecule has 0 spiro atoms. The van der Waals surface area contributed by atoms with E-state index in [0.717, 1.165) is 9.99 Å². The van der Waals surface area contributed by atoms with Crippen LogP contribution in [0.3, 0.4) is 0 Å². The van der Waals surface area contributed by atoms with Crippen LogP contribution in [-0.4, -0.2) is 43.7 Å². The number of carbonyl (C=O) groups excluding carboxylic acids is 2. The van der Waals surface area contributed by atoms with E-state index in [1.807, 2.05) is 0 Å². The zero-order chi connectivity index (χ0) is 15.8. The molecule has 1 fully saturated rings. The summed E-state index contributed by atoms with van der Waals surface area (Å²) >= 11 is 0. The van der Waals surface area contributed by atoms with Gasteiger partial charge >= 0.3 is 0 Å². The number of hydrogen-bond donors (Lipinski definition) is 2. The lowest BCUT2D eigenvalue weighted by molar-refractivity contribution is -0.141. The molecule has 0 aliphatic carbocycles. The fraction of sp³-hybridized carbons (Fsp3) is 0.385. The van der Waals surface area contributed by atoms with Crippen LogP contribution in [0.25, 0.3) is 0 Å². The summed E-state index contributed by atoms with van der Waals surface area (Å²) in [4.78, 5) is 23.4. The molecule has 2 amide bonds. The van der Waals surface area contributed by atoms with Gasteiger partial charge in [0.05, 0.1) is 11.4 Å². The topological polar surface area (TPSA) is 95.6 Å². The molecule has 21 heavy (non-hydrogen) atoms. The Bertz CT molecular complexity index is 680. The number of rotatable bonds is 3. The van der Waals surface area contributed by atoms with E-state index >= 15 is 0 Å². The standard InChI is InChI=1S/C13H17N3O4S/c1-13(2)12(18)15-11(17)8-16(13)21(19,20)10-6-4-9(14-3)5-7-10/h4-7,14H,8H2,1-3H3,(H,15,17,18). The second kappa shape index (κ2) is 5.12. The molecule has 1 aliphatic rings. The highest BCUT2D eigenvalue weighted by molar-refractivity contribution is 7.89. The van der Waals surface area contributed by atoms with E-state index in [0.29, 0.717) is 0 Å².